The van der Waals surface area contributed by atoms with E-state index < -0.39 is 27.4 Å². The quantitative estimate of drug-likeness (QED) is 0.889. The Morgan fingerprint density at radius 2 is 1.71 bits per heavy atom. The summed E-state index contributed by atoms with van der Waals surface area (Å²) in [4.78, 5) is 9.89. The smallest absolute Gasteiger partial charge is 0.318 e. The summed E-state index contributed by atoms with van der Waals surface area (Å²) in [6.45, 7) is -0.766. The van der Waals surface area contributed by atoms with Crippen molar-refractivity contribution in [1.29, 1.82) is 0 Å². The van der Waals surface area contributed by atoms with Crippen molar-refractivity contribution >= 4 is 50.8 Å². The molecule has 0 aliphatic heterocycles. The highest BCUT2D eigenvalue weighted by atomic mass is 35.5. The van der Waals surface area contributed by atoms with Gasteiger partial charge in [0, 0.05) is 5.02 Å². The first-order valence-electron chi connectivity index (χ1n) is 4.10. The lowest BCUT2D eigenvalue weighted by molar-refractivity contribution is -0.135. The van der Waals surface area contributed by atoms with Crippen molar-refractivity contribution in [3.8, 4) is 0 Å². The predicted octanol–water partition coefficient (Wildman–Crippen LogP) is 2.01. The van der Waals surface area contributed by atoms with Crippen molar-refractivity contribution in [3.63, 3.8) is 0 Å². The van der Waals surface area contributed by atoms with Crippen molar-refractivity contribution in [2.75, 3.05) is 6.54 Å². The Hall–Kier alpha value is -0.530. The maximum absolute atomic E-state index is 11.7. The van der Waals surface area contributed by atoms with E-state index in [0.29, 0.717) is 0 Å². The van der Waals surface area contributed by atoms with Gasteiger partial charge in [-0.05, 0) is 12.1 Å². The topological polar surface area (TPSA) is 83.5 Å². The highest BCUT2D eigenvalue weighted by Crippen LogP contribution is 2.32. The molecule has 9 heteroatoms. The van der Waals surface area contributed by atoms with Gasteiger partial charge in [0.15, 0.2) is 0 Å². The van der Waals surface area contributed by atoms with Crippen LogP contribution in [0.4, 0.5) is 0 Å². The van der Waals surface area contributed by atoms with E-state index in [1.165, 1.54) is 12.1 Å². The standard InChI is InChI=1S/C8H6Cl3NO4S/c9-4-1-5(10)8(6(11)2-4)17(15,16)12-3-7(13)14/h1-2,12H,3H2,(H,13,14). The number of hydrogen-bond donors (Lipinski definition) is 2. The van der Waals surface area contributed by atoms with Crippen LogP contribution in [0.3, 0.4) is 0 Å². The summed E-state index contributed by atoms with van der Waals surface area (Å²) in [6.07, 6.45) is 0. The molecule has 0 bridgehead atoms. The van der Waals surface area contributed by atoms with E-state index in [1.54, 1.807) is 0 Å². The van der Waals surface area contributed by atoms with Gasteiger partial charge in [0.1, 0.15) is 11.4 Å². The monoisotopic (exact) mass is 317 g/mol. The Morgan fingerprint density at radius 1 is 1.24 bits per heavy atom. The zero-order valence-corrected chi connectivity index (χ0v) is 11.2. The van der Waals surface area contributed by atoms with Crippen LogP contribution >= 0.6 is 34.8 Å². The average Bonchev–Trinajstić information content (AvgIpc) is 2.12. The Bertz CT molecular complexity index is 535. The van der Waals surface area contributed by atoms with Gasteiger partial charge in [-0.1, -0.05) is 34.8 Å². The normalized spacial score (nSPS) is 11.5. The molecule has 0 atom stereocenters. The summed E-state index contributed by atoms with van der Waals surface area (Å²) < 4.78 is 25.2. The number of nitrogens with one attached hydrogen (secondary N) is 1. The summed E-state index contributed by atoms with van der Waals surface area (Å²) in [6, 6.07) is 2.40. The third-order valence-electron chi connectivity index (χ3n) is 1.65. The third kappa shape index (κ3) is 3.72. The van der Waals surface area contributed by atoms with Crippen LogP contribution in [0.5, 0.6) is 0 Å². The van der Waals surface area contributed by atoms with Gasteiger partial charge in [0.2, 0.25) is 10.0 Å². The minimum Gasteiger partial charge on any atom is -0.480 e. The van der Waals surface area contributed by atoms with E-state index in [2.05, 4.69) is 0 Å². The van der Waals surface area contributed by atoms with E-state index in [9.17, 15) is 13.2 Å². The first-order valence-corrected chi connectivity index (χ1v) is 6.72. The molecule has 0 radical (unpaired) electrons. The molecule has 2 N–H and O–H groups in total. The Balaban J connectivity index is 3.20. The number of aliphatic carboxylic acids is 1. The molecule has 0 heterocycles. The second-order valence-electron chi connectivity index (χ2n) is 2.92. The fourth-order valence-electron chi connectivity index (χ4n) is 1.01. The highest BCUT2D eigenvalue weighted by Gasteiger charge is 2.22. The second kappa shape index (κ2) is 5.41. The molecular formula is C8H6Cl3NO4S. The van der Waals surface area contributed by atoms with Crippen molar-refractivity contribution < 1.29 is 18.3 Å². The molecule has 0 spiro atoms. The van der Waals surface area contributed by atoms with Crippen LogP contribution in [0.15, 0.2) is 17.0 Å². The molecule has 0 aromatic heterocycles. The van der Waals surface area contributed by atoms with Gasteiger partial charge in [0.05, 0.1) is 10.0 Å². The third-order valence-corrected chi connectivity index (χ3v) is 4.19. The predicted molar refractivity (Wildman–Crippen MR) is 64.3 cm³/mol. The van der Waals surface area contributed by atoms with Gasteiger partial charge in [-0.2, -0.15) is 4.72 Å². The van der Waals surface area contributed by atoms with E-state index in [4.69, 9.17) is 39.9 Å². The molecule has 5 nitrogen and oxygen atoms in total. The molecule has 17 heavy (non-hydrogen) atoms. The maximum atomic E-state index is 11.7. The minimum atomic E-state index is -4.09. The number of hydrogen-bond acceptors (Lipinski definition) is 3. The van der Waals surface area contributed by atoms with E-state index in [-0.39, 0.29) is 15.1 Å². The SMILES string of the molecule is O=C(O)CNS(=O)(=O)c1c(Cl)cc(Cl)cc1Cl. The summed E-state index contributed by atoms with van der Waals surface area (Å²) >= 11 is 17.0. The number of carbonyl (C=O) groups is 1. The van der Waals surface area contributed by atoms with Crippen molar-refractivity contribution in [1.82, 2.24) is 4.72 Å². The molecule has 0 unspecified atom stereocenters. The molecule has 0 amide bonds. The van der Waals surface area contributed by atoms with Crippen molar-refractivity contribution in [2.45, 2.75) is 4.90 Å². The fraction of sp³-hybridized carbons (Fsp3) is 0.125. The molecule has 0 aliphatic rings. The summed E-state index contributed by atoms with van der Waals surface area (Å²) in [5, 5.41) is 8.21. The highest BCUT2D eigenvalue weighted by molar-refractivity contribution is 7.89. The summed E-state index contributed by atoms with van der Waals surface area (Å²) in [5.41, 5.74) is 0. The number of rotatable bonds is 4. The lowest BCUT2D eigenvalue weighted by atomic mass is 10.4. The van der Waals surface area contributed by atoms with Crippen LogP contribution in [0.1, 0.15) is 0 Å². The molecule has 1 aromatic rings. The van der Waals surface area contributed by atoms with Crippen LogP contribution in [-0.4, -0.2) is 26.0 Å². The molecule has 1 aromatic carbocycles. The van der Waals surface area contributed by atoms with E-state index >= 15 is 0 Å². The van der Waals surface area contributed by atoms with Gasteiger partial charge >= 0.3 is 5.97 Å². The number of carboxylic acids is 1. The lowest BCUT2D eigenvalue weighted by Crippen LogP contribution is -2.29. The molecule has 1 rings (SSSR count). The fourth-order valence-corrected chi connectivity index (χ4v) is 3.53. The van der Waals surface area contributed by atoms with Crippen LogP contribution in [-0.2, 0) is 14.8 Å². The summed E-state index contributed by atoms with van der Waals surface area (Å²) in [5.74, 6) is -1.32. The summed E-state index contributed by atoms with van der Waals surface area (Å²) in [7, 11) is -4.09. The van der Waals surface area contributed by atoms with Crippen molar-refractivity contribution in [3.05, 3.63) is 27.2 Å². The zero-order valence-electron chi connectivity index (χ0n) is 8.08. The zero-order chi connectivity index (χ0) is 13.2. The van der Waals surface area contributed by atoms with Gasteiger partial charge < -0.3 is 5.11 Å². The first kappa shape index (κ1) is 14.5. The van der Waals surface area contributed by atoms with Gasteiger partial charge in [-0.25, -0.2) is 8.42 Å². The van der Waals surface area contributed by atoms with E-state index in [0.717, 1.165) is 0 Å². The number of sulfonamides is 1. The Labute approximate surface area is 112 Å². The Morgan fingerprint density at radius 3 is 2.12 bits per heavy atom. The Kier molecular flexibility index (Phi) is 4.62. The molecule has 0 saturated heterocycles. The lowest BCUT2D eigenvalue weighted by Gasteiger charge is -2.09. The van der Waals surface area contributed by atoms with Crippen LogP contribution in [0.2, 0.25) is 15.1 Å². The van der Waals surface area contributed by atoms with Crippen LogP contribution in [0, 0.1) is 0 Å². The minimum absolute atomic E-state index is 0.178. The molecule has 94 valence electrons. The maximum Gasteiger partial charge on any atom is 0.318 e. The van der Waals surface area contributed by atoms with Crippen LogP contribution < -0.4 is 4.72 Å². The van der Waals surface area contributed by atoms with Gasteiger partial charge in [0.25, 0.3) is 0 Å². The average molecular weight is 319 g/mol. The number of carboxylic acid groups (broad SMARTS) is 1. The number of benzene rings is 1. The first-order chi connectivity index (χ1) is 7.74. The molecule has 0 saturated carbocycles. The molecular weight excluding hydrogens is 313 g/mol. The number of halogens is 3. The molecule has 0 fully saturated rings. The molecule has 0 aliphatic carbocycles. The van der Waals surface area contributed by atoms with Crippen LogP contribution in [0.25, 0.3) is 0 Å². The van der Waals surface area contributed by atoms with E-state index in [1.807, 2.05) is 4.72 Å². The van der Waals surface area contributed by atoms with Crippen molar-refractivity contribution in [2.24, 2.45) is 0 Å². The largest absolute Gasteiger partial charge is 0.480 e. The van der Waals surface area contributed by atoms with Gasteiger partial charge in [-0.3, -0.25) is 4.79 Å². The van der Waals surface area contributed by atoms with Gasteiger partial charge in [-0.15, -0.1) is 0 Å². The second-order valence-corrected chi connectivity index (χ2v) is 5.87.